The van der Waals surface area contributed by atoms with Crippen molar-refractivity contribution in [2.45, 2.75) is 0 Å². The molecule has 0 aliphatic heterocycles. The quantitative estimate of drug-likeness (QED) is 0.369. The second-order valence-corrected chi connectivity index (χ2v) is 1.73. The van der Waals surface area contributed by atoms with E-state index in [1.54, 1.807) is 0 Å². The third-order valence-electron chi connectivity index (χ3n) is 0.442. The van der Waals surface area contributed by atoms with Crippen molar-refractivity contribution in [3.8, 4) is 0 Å². The first-order chi connectivity index (χ1) is 2.50. The van der Waals surface area contributed by atoms with Crippen molar-refractivity contribution >= 4 is 8.19 Å². The second kappa shape index (κ2) is 3.68. The molecule has 0 spiro atoms. The van der Waals surface area contributed by atoms with Crippen molar-refractivity contribution in [1.82, 2.24) is 0 Å². The van der Waals surface area contributed by atoms with Gasteiger partial charge in [0, 0.05) is 21.7 Å². The van der Waals surface area contributed by atoms with Crippen LogP contribution in [0.15, 0.2) is 17.9 Å². The zero-order valence-corrected chi connectivity index (χ0v) is 5.79. The molecule has 1 aromatic rings. The number of hydrogen-bond acceptors (Lipinski definition) is 0. The average Bonchev–Trinajstić information content (AvgIpc) is 1.76. The Bertz CT molecular complexity index is 64.0. The molecular formula is C4H4PTi-. The fraction of sp³-hybridized carbons (Fsp3) is 0. The molecule has 0 aliphatic rings. The third kappa shape index (κ3) is 1.82. The molecule has 0 aromatic carbocycles. The van der Waals surface area contributed by atoms with E-state index in [1.807, 2.05) is 12.1 Å². The molecule has 0 bridgehead atoms. The van der Waals surface area contributed by atoms with Crippen LogP contribution in [0.25, 0.3) is 0 Å². The van der Waals surface area contributed by atoms with Gasteiger partial charge in [-0.1, -0.05) is 0 Å². The predicted molar refractivity (Wildman–Crippen MR) is 24.8 cm³/mol. The average molecular weight is 131 g/mol. The summed E-state index contributed by atoms with van der Waals surface area (Å²) in [5.74, 6) is 5.11. The van der Waals surface area contributed by atoms with E-state index in [4.69, 9.17) is 0 Å². The number of hydrogen-bond donors (Lipinski definition) is 0. The molecule has 0 nitrogen and oxygen atoms in total. The summed E-state index contributed by atoms with van der Waals surface area (Å²) < 4.78 is 0. The summed E-state index contributed by atoms with van der Waals surface area (Å²) in [4.78, 5) is 0. The Morgan fingerprint density at radius 1 is 1.50 bits per heavy atom. The van der Waals surface area contributed by atoms with E-state index in [0.29, 0.717) is 0 Å². The summed E-state index contributed by atoms with van der Waals surface area (Å²) in [6, 6.07) is 3.96. The number of rotatable bonds is 0. The molecule has 0 saturated heterocycles. The maximum atomic E-state index is 3.01. The van der Waals surface area contributed by atoms with Gasteiger partial charge in [0.05, 0.1) is 0 Å². The maximum absolute atomic E-state index is 3.01. The van der Waals surface area contributed by atoms with Crippen molar-refractivity contribution < 1.29 is 21.7 Å². The fourth-order valence-electron chi connectivity index (χ4n) is 0.241. The first-order valence-electron chi connectivity index (χ1n) is 1.49. The van der Waals surface area contributed by atoms with Crippen LogP contribution >= 0.6 is 8.19 Å². The van der Waals surface area contributed by atoms with Gasteiger partial charge in [-0.3, -0.25) is 8.19 Å². The first-order valence-corrected chi connectivity index (χ1v) is 2.57. The normalized spacial score (nSPS) is 8.00. The molecular weight excluding hydrogens is 127 g/mol. The van der Waals surface area contributed by atoms with E-state index in [1.165, 1.54) is 0 Å². The molecule has 30 valence electrons. The smallest absolute Gasteiger partial charge is 0 e. The Balaban J connectivity index is 0.000000250. The molecule has 1 atom stereocenters. The van der Waals surface area contributed by atoms with Gasteiger partial charge in [-0.05, 0) is 0 Å². The van der Waals surface area contributed by atoms with Crippen LogP contribution in [-0.4, -0.2) is 0 Å². The van der Waals surface area contributed by atoms with E-state index >= 15 is 0 Å². The van der Waals surface area contributed by atoms with Gasteiger partial charge in [-0.15, -0.1) is 0 Å². The Morgan fingerprint density at radius 2 is 2.33 bits per heavy atom. The van der Waals surface area contributed by atoms with Crippen molar-refractivity contribution in [1.29, 1.82) is 0 Å². The van der Waals surface area contributed by atoms with Crippen LogP contribution in [0, 0.1) is 5.80 Å². The van der Waals surface area contributed by atoms with Gasteiger partial charge >= 0.3 is 0 Å². The van der Waals surface area contributed by atoms with E-state index in [0.717, 1.165) is 8.19 Å². The van der Waals surface area contributed by atoms with Gasteiger partial charge in [0.15, 0.2) is 0 Å². The topological polar surface area (TPSA) is 0 Å². The molecule has 0 aliphatic carbocycles. The van der Waals surface area contributed by atoms with Crippen LogP contribution in [0.1, 0.15) is 0 Å². The van der Waals surface area contributed by atoms with Crippen LogP contribution in [0.2, 0.25) is 0 Å². The van der Waals surface area contributed by atoms with Crippen molar-refractivity contribution in [2.75, 3.05) is 0 Å². The zero-order valence-electron chi connectivity index (χ0n) is 3.23. The Kier molecular flexibility index (Phi) is 3.98. The fourth-order valence-corrected chi connectivity index (χ4v) is 0.722. The Morgan fingerprint density at radius 3 is 2.50 bits per heavy atom. The second-order valence-electron chi connectivity index (χ2n) is 0.814. The van der Waals surface area contributed by atoms with Crippen LogP contribution < -0.4 is 0 Å². The minimum absolute atomic E-state index is 0. The molecule has 0 N–H and O–H groups in total. The molecule has 1 unspecified atom stereocenters. The van der Waals surface area contributed by atoms with Gasteiger partial charge in [0.2, 0.25) is 0 Å². The van der Waals surface area contributed by atoms with Crippen LogP contribution in [0.3, 0.4) is 0 Å². The van der Waals surface area contributed by atoms with Crippen molar-refractivity contribution in [2.24, 2.45) is 0 Å². The van der Waals surface area contributed by atoms with E-state index in [9.17, 15) is 0 Å². The molecule has 1 aromatic heterocycles. The van der Waals surface area contributed by atoms with E-state index < -0.39 is 0 Å². The van der Waals surface area contributed by atoms with Gasteiger partial charge < -0.3 is 0 Å². The maximum Gasteiger partial charge on any atom is 0 e. The Hall–Kier alpha value is 0.494. The van der Waals surface area contributed by atoms with Gasteiger partial charge in [-0.2, -0.15) is 17.7 Å². The van der Waals surface area contributed by atoms with Crippen LogP contribution in [-0.2, 0) is 21.7 Å². The molecule has 0 radical (unpaired) electrons. The minimum atomic E-state index is 0. The van der Waals surface area contributed by atoms with Crippen molar-refractivity contribution in [3.63, 3.8) is 0 Å². The first kappa shape index (κ1) is 6.49. The third-order valence-corrected chi connectivity index (χ3v) is 1.13. The predicted octanol–water partition coefficient (Wildman–Crippen LogP) is 1.52. The summed E-state index contributed by atoms with van der Waals surface area (Å²) in [6.07, 6.45) is 0. The molecule has 0 saturated carbocycles. The van der Waals surface area contributed by atoms with Gasteiger partial charge in [0.25, 0.3) is 0 Å². The van der Waals surface area contributed by atoms with Crippen molar-refractivity contribution in [3.05, 3.63) is 23.7 Å². The summed E-state index contributed by atoms with van der Waals surface area (Å²) >= 11 is 0. The van der Waals surface area contributed by atoms with Crippen LogP contribution in [0.4, 0.5) is 0 Å². The molecule has 1 heterocycles. The molecule has 0 fully saturated rings. The molecule has 1 rings (SSSR count). The van der Waals surface area contributed by atoms with E-state index in [2.05, 4.69) is 11.6 Å². The SMILES string of the molecule is [Ti].[c-]1ccc[pH]1. The zero-order chi connectivity index (χ0) is 3.54. The summed E-state index contributed by atoms with van der Waals surface area (Å²) in [5.41, 5.74) is 0. The molecule has 6 heavy (non-hydrogen) atoms. The minimum Gasteiger partial charge on any atom is -0.271 e. The summed E-state index contributed by atoms with van der Waals surface area (Å²) in [5, 5.41) is 0. The monoisotopic (exact) mass is 131 g/mol. The van der Waals surface area contributed by atoms with Crippen LogP contribution in [0.5, 0.6) is 0 Å². The molecule has 0 amide bonds. The standard InChI is InChI=1S/C4H4P.Ti/c1-2-4-5-3-1;/h1-3,5H;/q-1;. The van der Waals surface area contributed by atoms with Gasteiger partial charge in [-0.25, -0.2) is 6.07 Å². The summed E-state index contributed by atoms with van der Waals surface area (Å²) in [6.45, 7) is 0. The van der Waals surface area contributed by atoms with Gasteiger partial charge in [0.1, 0.15) is 0 Å². The largest absolute Gasteiger partial charge is 0.271 e. The van der Waals surface area contributed by atoms with E-state index in [-0.39, 0.29) is 21.7 Å². The Labute approximate surface area is 53.9 Å². The molecule has 2 heteroatoms. The summed E-state index contributed by atoms with van der Waals surface area (Å²) in [7, 11) is 0.823.